The van der Waals surface area contributed by atoms with Crippen LogP contribution in [0.1, 0.15) is 34.5 Å². The van der Waals surface area contributed by atoms with E-state index in [9.17, 15) is 14.4 Å². The van der Waals surface area contributed by atoms with Crippen LogP contribution in [0.15, 0.2) is 187 Å². The van der Waals surface area contributed by atoms with Crippen LogP contribution in [-0.4, -0.2) is 84.0 Å². The summed E-state index contributed by atoms with van der Waals surface area (Å²) < 4.78 is 15.8. The maximum atomic E-state index is 15.4. The Morgan fingerprint density at radius 1 is 0.810 bits per heavy atom. The van der Waals surface area contributed by atoms with E-state index in [1.807, 2.05) is 133 Å². The average molecular weight is 875 g/mol. The minimum absolute atomic E-state index is 0.0358. The summed E-state index contributed by atoms with van der Waals surface area (Å²) in [5.41, 5.74) is 1.81. The fourth-order valence-electron chi connectivity index (χ4n) is 7.73. The van der Waals surface area contributed by atoms with Crippen molar-refractivity contribution in [2.75, 3.05) is 5.75 Å². The summed E-state index contributed by atoms with van der Waals surface area (Å²) in [5.74, 6) is 0.865. The van der Waals surface area contributed by atoms with Gasteiger partial charge in [0.1, 0.15) is 18.1 Å². The molecule has 1 aliphatic carbocycles. The average Bonchev–Trinajstić information content (AvgIpc) is 3.76. The summed E-state index contributed by atoms with van der Waals surface area (Å²) in [7, 11) is 1.68. The van der Waals surface area contributed by atoms with Crippen molar-refractivity contribution in [3.8, 4) is 0 Å². The van der Waals surface area contributed by atoms with Crippen molar-refractivity contribution < 1.29 is 28.7 Å². The number of rotatable bonds is 16. The molecule has 1 saturated heterocycles. The number of aromatic nitrogens is 4. The largest absolute Gasteiger partial charge is 0.344 e. The van der Waals surface area contributed by atoms with Crippen LogP contribution in [0.25, 0.3) is 0 Å². The van der Waals surface area contributed by atoms with Crippen molar-refractivity contribution in [3.63, 3.8) is 0 Å². The maximum absolute atomic E-state index is 15.4. The van der Waals surface area contributed by atoms with E-state index in [-0.39, 0.29) is 17.1 Å². The van der Waals surface area contributed by atoms with Crippen molar-refractivity contribution in [2.45, 2.75) is 42.2 Å². The van der Waals surface area contributed by atoms with E-state index in [0.29, 0.717) is 16.3 Å². The van der Waals surface area contributed by atoms with E-state index in [0.717, 1.165) is 33.5 Å². The van der Waals surface area contributed by atoms with E-state index >= 15 is 4.79 Å². The first-order valence-corrected chi connectivity index (χ1v) is 23.1. The zero-order chi connectivity index (χ0) is 43.8. The molecule has 2 aliphatic rings. The molecule has 6 aromatic rings. The van der Waals surface area contributed by atoms with Crippen LogP contribution in [-0.2, 0) is 30.9 Å². The van der Waals surface area contributed by atoms with Gasteiger partial charge in [0, 0.05) is 30.7 Å². The number of thioether (sulfide) groups is 1. The lowest BCUT2D eigenvalue weighted by molar-refractivity contribution is -0.181. The molecule has 1 aromatic heterocycles. The second kappa shape index (κ2) is 19.5. The minimum atomic E-state index is -3.43. The Kier molecular flexibility index (Phi) is 13.3. The van der Waals surface area contributed by atoms with Crippen molar-refractivity contribution >= 4 is 58.4 Å². The Morgan fingerprint density at radius 3 is 1.90 bits per heavy atom. The van der Waals surface area contributed by atoms with Crippen molar-refractivity contribution in [2.24, 2.45) is 7.05 Å². The predicted molar refractivity (Wildman–Crippen MR) is 245 cm³/mol. The zero-order valence-corrected chi connectivity index (χ0v) is 36.1. The third-order valence-corrected chi connectivity index (χ3v) is 16.4. The van der Waals surface area contributed by atoms with E-state index in [1.165, 1.54) is 9.58 Å². The summed E-state index contributed by atoms with van der Waals surface area (Å²) in [5, 5.41) is 16.5. The normalized spacial score (nSPS) is 17.5. The molecule has 2 amide bonds. The van der Waals surface area contributed by atoms with Crippen molar-refractivity contribution in [3.05, 3.63) is 198 Å². The summed E-state index contributed by atoms with van der Waals surface area (Å²) in [6.45, 7) is -1.82. The topological polar surface area (TPSA) is 146 Å². The molecule has 0 radical (unpaired) electrons. The van der Waals surface area contributed by atoms with E-state index in [2.05, 4.69) is 26.8 Å². The van der Waals surface area contributed by atoms with Crippen LogP contribution in [0.2, 0.25) is 0 Å². The van der Waals surface area contributed by atoms with Gasteiger partial charge in [-0.1, -0.05) is 170 Å². The van der Waals surface area contributed by atoms with Crippen molar-refractivity contribution in [1.82, 2.24) is 30.4 Å². The number of ether oxygens (including phenoxy) is 2. The van der Waals surface area contributed by atoms with Crippen LogP contribution in [0.3, 0.4) is 0 Å². The molecule has 8 rings (SSSR count). The number of amides is 2. The van der Waals surface area contributed by atoms with Gasteiger partial charge in [0.15, 0.2) is 23.7 Å². The molecule has 0 spiro atoms. The highest BCUT2D eigenvalue weighted by Gasteiger charge is 2.56. The monoisotopic (exact) mass is 874 g/mol. The van der Waals surface area contributed by atoms with Gasteiger partial charge in [0.05, 0.1) is 5.75 Å². The fourth-order valence-corrected chi connectivity index (χ4v) is 13.2. The van der Waals surface area contributed by atoms with Gasteiger partial charge in [-0.2, -0.15) is 0 Å². The number of hydrogen-bond donors (Lipinski definition) is 1. The summed E-state index contributed by atoms with van der Waals surface area (Å²) >= 11 is 1.15. The number of carbonyl (C=O) groups excluding carboxylic acids is 4. The van der Waals surface area contributed by atoms with Gasteiger partial charge < -0.3 is 14.8 Å². The number of carbonyl (C=O) groups is 3. The molecule has 12 nitrogen and oxygen atoms in total. The maximum Gasteiger partial charge on any atom is 0.258 e. The number of benzene rings is 5. The number of ketones is 1. The van der Waals surface area contributed by atoms with Crippen LogP contribution in [0.4, 0.5) is 0 Å². The van der Waals surface area contributed by atoms with Crippen LogP contribution >= 0.6 is 18.6 Å². The summed E-state index contributed by atoms with van der Waals surface area (Å²) in [6.07, 6.45) is 4.24. The number of hydrogen-bond acceptors (Lipinski definition) is 10. The molecular formula is C49H43N6O6PS. The Bertz CT molecular complexity index is 2660. The van der Waals surface area contributed by atoms with Gasteiger partial charge >= 0.3 is 0 Å². The molecule has 5 aromatic carbocycles. The molecule has 0 saturated carbocycles. The second-order valence-electron chi connectivity index (χ2n) is 14.8. The zero-order valence-electron chi connectivity index (χ0n) is 34.4. The van der Waals surface area contributed by atoms with E-state index in [4.69, 9.17) is 9.47 Å². The lowest BCUT2D eigenvalue weighted by Crippen LogP contribution is -2.74. The minimum Gasteiger partial charge on any atom is -0.344 e. The first-order valence-electron chi connectivity index (χ1n) is 20.3. The predicted octanol–water partition coefficient (Wildman–Crippen LogP) is 6.06. The van der Waals surface area contributed by atoms with Gasteiger partial charge in [-0.15, -0.1) is 5.10 Å². The Balaban J connectivity index is 1.38. The molecular weight excluding hydrogens is 832 g/mol. The molecule has 0 bridgehead atoms. The van der Waals surface area contributed by atoms with Gasteiger partial charge in [0.2, 0.25) is 5.16 Å². The molecule has 4 atom stereocenters. The number of nitrogens with zero attached hydrogens (tertiary/aromatic N) is 5. The Morgan fingerprint density at radius 2 is 1.37 bits per heavy atom. The Hall–Kier alpha value is -6.72. The molecule has 1 fully saturated rings. The van der Waals surface area contributed by atoms with Gasteiger partial charge in [-0.05, 0) is 57.3 Å². The lowest BCUT2D eigenvalue weighted by Gasteiger charge is -2.51. The number of nitrogens with one attached hydrogen (secondary N) is 1. The smallest absolute Gasteiger partial charge is 0.258 e. The number of tetrazole rings is 1. The second-order valence-corrected chi connectivity index (χ2v) is 19.1. The Labute approximate surface area is 369 Å². The van der Waals surface area contributed by atoms with Gasteiger partial charge in [-0.25, -0.2) is 9.48 Å². The SMILES string of the molecule is C[C@@H](O[C@@H]1[C@@H](NC(=O)c2ccccc2)C(=O)N1C(OC(c1ccccc1)c1ccccc1)=P(c1ccccc1)(c1ccccc1)C1C=CC=CC1=C=O)C(=O)CSc1nnnn1C. The van der Waals surface area contributed by atoms with Gasteiger partial charge in [-0.3, -0.25) is 19.3 Å². The van der Waals surface area contributed by atoms with E-state index in [1.54, 1.807) is 56.5 Å². The van der Waals surface area contributed by atoms with Crippen molar-refractivity contribution in [1.29, 1.82) is 0 Å². The molecule has 14 heteroatoms. The first kappa shape index (κ1) is 42.9. The fraction of sp³-hybridized carbons (Fsp3) is 0.163. The molecule has 1 N–H and O–H groups in total. The quantitative estimate of drug-likeness (QED) is 0.0528. The summed E-state index contributed by atoms with van der Waals surface area (Å²) in [6, 6.07) is 46.1. The molecule has 1 aliphatic heterocycles. The molecule has 63 heavy (non-hydrogen) atoms. The standard InChI is InChI=1S/C49H43N6O6PS/c1-34(41(57)33-63-48-51-52-53-54(48)2)60-47-43(50-45(58)37-24-12-5-13-25-37)46(59)55(47)49(61-44(35-20-8-3-9-21-35)36-22-10-4-11-23-36)62(39-27-14-6-15-28-39,40-29-16-7-17-30-40)42-31-19-18-26-38(42)32-56/h3-31,34,42-44,47H,33H2,1-2H3,(H,50,58)/t34-,42?,43+,47-/m1/s1. The first-order chi connectivity index (χ1) is 30.8. The highest BCUT2D eigenvalue weighted by atomic mass is 32.2. The number of Topliss-reactive ketones (excluding diaryl/α,β-unsaturated/α-hetero) is 1. The van der Waals surface area contributed by atoms with Crippen LogP contribution in [0.5, 0.6) is 0 Å². The summed E-state index contributed by atoms with van der Waals surface area (Å²) in [4.78, 5) is 57.8. The highest BCUT2D eigenvalue weighted by Crippen LogP contribution is 2.58. The molecule has 316 valence electrons. The molecule has 2 heterocycles. The van der Waals surface area contributed by atoms with E-state index < -0.39 is 48.8 Å². The number of likely N-dealkylation sites (tertiary alicyclic amines) is 1. The lowest BCUT2D eigenvalue weighted by atomic mass is 10.0. The van der Waals surface area contributed by atoms with Gasteiger partial charge in [0.25, 0.3) is 11.8 Å². The number of aryl methyl sites for hydroxylation is 1. The molecule has 1 unspecified atom stereocenters. The number of allylic oxidation sites excluding steroid dienone is 5. The van der Waals surface area contributed by atoms with Crippen LogP contribution < -0.4 is 15.9 Å². The number of β-lactam (4-membered cyclic amide) rings is 1. The third-order valence-electron chi connectivity index (χ3n) is 10.9. The van der Waals surface area contributed by atoms with Crippen LogP contribution in [0, 0.1) is 0 Å². The highest BCUT2D eigenvalue weighted by molar-refractivity contribution is 7.99. The third kappa shape index (κ3) is 8.83.